The molecule has 65 heavy (non-hydrogen) atoms. The molecule has 2 aliphatic carbocycles. The lowest BCUT2D eigenvalue weighted by molar-refractivity contribution is 0.587. The second-order valence-electron chi connectivity index (χ2n) is 17.0. The largest absolute Gasteiger partial charge is 0.397 e. The van der Waals surface area contributed by atoms with E-state index >= 15 is 0 Å². The van der Waals surface area contributed by atoms with E-state index in [0.29, 0.717) is 0 Å². The highest BCUT2D eigenvalue weighted by atomic mass is 15.1. The van der Waals surface area contributed by atoms with E-state index in [4.69, 9.17) is 5.73 Å². The molecule has 3 heteroatoms. The molecule has 3 aliphatic rings. The molecule has 0 radical (unpaired) electrons. The highest BCUT2D eigenvalue weighted by Gasteiger charge is 2.51. The SMILES string of the molecule is N/C(=C(/c1ccc(N(c2ccc(-c3ccccc3)cc2)c2cccc(-c3ccc4c(c3)C3(c5ccccc5-c5ccccc53)c3ccccc3-4)c2)cc1)N1C=CC=CC1)c1ccccc1. The van der Waals surface area contributed by atoms with Crippen LogP contribution in [0.5, 0.6) is 0 Å². The molecule has 3 nitrogen and oxygen atoms in total. The Hall–Kier alpha value is -8.40. The van der Waals surface area contributed by atoms with Crippen molar-refractivity contribution in [2.24, 2.45) is 5.73 Å². The molecule has 9 aromatic rings. The third-order valence-corrected chi connectivity index (χ3v) is 13.5. The number of hydrogen-bond donors (Lipinski definition) is 1. The van der Waals surface area contributed by atoms with Crippen molar-refractivity contribution in [3.8, 4) is 44.5 Å². The summed E-state index contributed by atoms with van der Waals surface area (Å²) in [5.74, 6) is 0. The van der Waals surface area contributed by atoms with Crippen molar-refractivity contribution in [1.82, 2.24) is 4.90 Å². The Bertz CT molecular complexity index is 3280. The zero-order valence-electron chi connectivity index (χ0n) is 35.9. The van der Waals surface area contributed by atoms with E-state index in [2.05, 4.69) is 240 Å². The van der Waals surface area contributed by atoms with E-state index in [1.165, 1.54) is 61.2 Å². The number of anilines is 3. The molecule has 308 valence electrons. The maximum atomic E-state index is 7.03. The summed E-state index contributed by atoms with van der Waals surface area (Å²) in [6.45, 7) is 0.739. The molecule has 0 saturated carbocycles. The van der Waals surface area contributed by atoms with Crippen molar-refractivity contribution in [3.63, 3.8) is 0 Å². The van der Waals surface area contributed by atoms with Crippen LogP contribution in [0.15, 0.2) is 249 Å². The van der Waals surface area contributed by atoms with Gasteiger partial charge in [0.15, 0.2) is 0 Å². The zero-order valence-corrected chi connectivity index (χ0v) is 35.9. The van der Waals surface area contributed by atoms with Gasteiger partial charge in [-0.2, -0.15) is 0 Å². The van der Waals surface area contributed by atoms with E-state index in [0.717, 1.165) is 51.7 Å². The molecule has 1 aliphatic heterocycles. The molecule has 0 atom stereocenters. The fraction of sp³-hybridized carbons (Fsp3) is 0.0323. The summed E-state index contributed by atoms with van der Waals surface area (Å²) in [5.41, 5.74) is 28.9. The molecule has 0 fully saturated rings. The first-order chi connectivity index (χ1) is 32.2. The predicted molar refractivity (Wildman–Crippen MR) is 271 cm³/mol. The van der Waals surface area contributed by atoms with Crippen molar-refractivity contribution >= 4 is 28.5 Å². The molecular weight excluding hydrogens is 787 g/mol. The number of rotatable bonds is 8. The first-order valence-electron chi connectivity index (χ1n) is 22.4. The Labute approximate surface area is 381 Å². The second-order valence-corrected chi connectivity index (χ2v) is 17.0. The number of nitrogens with two attached hydrogens (primary N) is 1. The molecule has 12 rings (SSSR count). The van der Waals surface area contributed by atoms with Gasteiger partial charge in [-0.15, -0.1) is 0 Å². The van der Waals surface area contributed by atoms with Gasteiger partial charge in [-0.25, -0.2) is 0 Å². The lowest BCUT2D eigenvalue weighted by Gasteiger charge is -2.30. The summed E-state index contributed by atoms with van der Waals surface area (Å²) >= 11 is 0. The lowest BCUT2D eigenvalue weighted by Crippen LogP contribution is -2.25. The van der Waals surface area contributed by atoms with Gasteiger partial charge in [0.2, 0.25) is 0 Å². The van der Waals surface area contributed by atoms with Crippen molar-refractivity contribution < 1.29 is 0 Å². The quantitative estimate of drug-likeness (QED) is 0.155. The van der Waals surface area contributed by atoms with Crippen LogP contribution in [0, 0.1) is 0 Å². The van der Waals surface area contributed by atoms with E-state index in [-0.39, 0.29) is 0 Å². The third-order valence-electron chi connectivity index (χ3n) is 13.5. The highest BCUT2D eigenvalue weighted by Crippen LogP contribution is 2.63. The molecule has 2 N–H and O–H groups in total. The van der Waals surface area contributed by atoms with Crippen molar-refractivity contribution in [2.75, 3.05) is 11.4 Å². The van der Waals surface area contributed by atoms with Crippen LogP contribution in [-0.4, -0.2) is 11.4 Å². The van der Waals surface area contributed by atoms with Gasteiger partial charge in [0.25, 0.3) is 0 Å². The van der Waals surface area contributed by atoms with Crippen LogP contribution in [-0.2, 0) is 5.41 Å². The molecule has 0 amide bonds. The second kappa shape index (κ2) is 15.7. The number of hydrogen-bond acceptors (Lipinski definition) is 3. The number of benzene rings is 9. The minimum Gasteiger partial charge on any atom is -0.397 e. The molecule has 1 spiro atoms. The van der Waals surface area contributed by atoms with Crippen LogP contribution < -0.4 is 10.6 Å². The summed E-state index contributed by atoms with van der Waals surface area (Å²) in [6, 6.07) is 81.8. The standard InChI is InChI=1S/C62H45N3/c63-60(45-19-6-2-7-20-45)61(64-39-14-3-15-40-64)46-31-36-50(37-32-46)65(49-34-29-44(30-35-49)43-17-4-1-5-18-43)51-22-16-21-47(41-51)48-33-38-55-54-25-10-13-28-58(54)62(59(55)42-48)56-26-11-8-23-52(56)53-24-9-12-27-57(53)62/h1-39,41-42H,40,63H2/b61-60-. The highest BCUT2D eigenvalue weighted by molar-refractivity contribution is 5.96. The fourth-order valence-electron chi connectivity index (χ4n) is 10.6. The summed E-state index contributed by atoms with van der Waals surface area (Å²) in [7, 11) is 0. The molecule has 0 aromatic heterocycles. The fourth-order valence-corrected chi connectivity index (χ4v) is 10.6. The Morgan fingerprint density at radius 1 is 0.400 bits per heavy atom. The molecule has 0 saturated heterocycles. The van der Waals surface area contributed by atoms with Crippen LogP contribution in [0.4, 0.5) is 17.1 Å². The zero-order chi connectivity index (χ0) is 43.3. The first-order valence-corrected chi connectivity index (χ1v) is 22.4. The number of fused-ring (bicyclic) bond motifs is 10. The first kappa shape index (κ1) is 38.3. The average molecular weight is 832 g/mol. The summed E-state index contributed by atoms with van der Waals surface area (Å²) in [6.07, 6.45) is 8.41. The smallest absolute Gasteiger partial charge is 0.0725 e. The van der Waals surface area contributed by atoms with Crippen molar-refractivity contribution in [1.29, 1.82) is 0 Å². The van der Waals surface area contributed by atoms with Gasteiger partial charge in [-0.3, -0.25) is 0 Å². The minimum absolute atomic E-state index is 0.404. The van der Waals surface area contributed by atoms with Gasteiger partial charge >= 0.3 is 0 Å². The maximum absolute atomic E-state index is 7.03. The van der Waals surface area contributed by atoms with E-state index in [1.54, 1.807) is 0 Å². The van der Waals surface area contributed by atoms with Gasteiger partial charge in [0.05, 0.1) is 16.8 Å². The van der Waals surface area contributed by atoms with E-state index in [9.17, 15) is 0 Å². The monoisotopic (exact) mass is 831 g/mol. The Morgan fingerprint density at radius 2 is 0.908 bits per heavy atom. The predicted octanol–water partition coefficient (Wildman–Crippen LogP) is 15.0. The molecule has 1 heterocycles. The van der Waals surface area contributed by atoms with Crippen LogP contribution in [0.25, 0.3) is 55.9 Å². The van der Waals surface area contributed by atoms with Crippen LogP contribution in [0.2, 0.25) is 0 Å². The summed E-state index contributed by atoms with van der Waals surface area (Å²) < 4.78 is 0. The van der Waals surface area contributed by atoms with Gasteiger partial charge in [0, 0.05) is 35.4 Å². The Morgan fingerprint density at radius 3 is 1.52 bits per heavy atom. The van der Waals surface area contributed by atoms with Crippen LogP contribution >= 0.6 is 0 Å². The van der Waals surface area contributed by atoms with Gasteiger partial charge < -0.3 is 15.5 Å². The topological polar surface area (TPSA) is 32.5 Å². The molecule has 0 unspecified atom stereocenters. The maximum Gasteiger partial charge on any atom is 0.0725 e. The van der Waals surface area contributed by atoms with Crippen LogP contribution in [0.3, 0.4) is 0 Å². The Balaban J connectivity index is 0.987. The average Bonchev–Trinajstić information content (AvgIpc) is 3.85. The number of nitrogens with zero attached hydrogens (tertiary/aromatic N) is 2. The summed E-state index contributed by atoms with van der Waals surface area (Å²) in [5, 5.41) is 0. The Kier molecular flexibility index (Phi) is 9.28. The number of allylic oxidation sites excluding steroid dienone is 2. The van der Waals surface area contributed by atoms with Gasteiger partial charge in [0.1, 0.15) is 0 Å². The van der Waals surface area contributed by atoms with Crippen LogP contribution in [0.1, 0.15) is 33.4 Å². The summed E-state index contributed by atoms with van der Waals surface area (Å²) in [4.78, 5) is 4.59. The minimum atomic E-state index is -0.404. The molecule has 9 aromatic carbocycles. The third kappa shape index (κ3) is 6.27. The molecular formula is C62H45N3. The van der Waals surface area contributed by atoms with E-state index < -0.39 is 5.41 Å². The van der Waals surface area contributed by atoms with Crippen molar-refractivity contribution in [2.45, 2.75) is 5.41 Å². The lowest BCUT2D eigenvalue weighted by atomic mass is 9.70. The van der Waals surface area contributed by atoms with E-state index in [1.807, 2.05) is 18.2 Å². The normalized spacial score (nSPS) is 14.1. The van der Waals surface area contributed by atoms with Gasteiger partial charge in [-0.1, -0.05) is 194 Å². The van der Waals surface area contributed by atoms with Crippen molar-refractivity contribution in [3.05, 3.63) is 282 Å². The molecule has 0 bridgehead atoms. The van der Waals surface area contributed by atoms with Gasteiger partial charge in [-0.05, 0) is 121 Å².